The lowest BCUT2D eigenvalue weighted by Crippen LogP contribution is -2.45. The van der Waals surface area contributed by atoms with Crippen LogP contribution >= 0.6 is 0 Å². The Labute approximate surface area is 141 Å². The van der Waals surface area contributed by atoms with Gasteiger partial charge < -0.3 is 15.1 Å². The smallest absolute Gasteiger partial charge is 0.249 e. The molecule has 1 aliphatic rings. The van der Waals surface area contributed by atoms with Gasteiger partial charge in [0.05, 0.1) is 6.54 Å². The summed E-state index contributed by atoms with van der Waals surface area (Å²) in [6.45, 7) is 0.849. The summed E-state index contributed by atoms with van der Waals surface area (Å²) in [7, 11) is 1.86. The Morgan fingerprint density at radius 1 is 1.12 bits per heavy atom. The van der Waals surface area contributed by atoms with E-state index in [9.17, 15) is 9.59 Å². The maximum atomic E-state index is 12.5. The molecule has 1 heterocycles. The van der Waals surface area contributed by atoms with Crippen LogP contribution in [0.25, 0.3) is 0 Å². The zero-order valence-electron chi connectivity index (χ0n) is 13.7. The first-order valence-electron chi connectivity index (χ1n) is 8.07. The highest BCUT2D eigenvalue weighted by molar-refractivity contribution is 6.01. The average molecular weight is 323 g/mol. The van der Waals surface area contributed by atoms with Gasteiger partial charge in [-0.15, -0.1) is 0 Å². The summed E-state index contributed by atoms with van der Waals surface area (Å²) in [6.07, 6.45) is 0.633. The highest BCUT2D eigenvalue weighted by Gasteiger charge is 2.33. The molecular weight excluding hydrogens is 302 g/mol. The summed E-state index contributed by atoms with van der Waals surface area (Å²) in [5.41, 5.74) is 1.84. The van der Waals surface area contributed by atoms with E-state index >= 15 is 0 Å². The van der Waals surface area contributed by atoms with Crippen molar-refractivity contribution in [2.75, 3.05) is 29.9 Å². The minimum atomic E-state index is -0.443. The molecular formula is C19H21N3O2. The standard InChI is InChI=1S/C19H21N3O2/c1-21(15-8-4-2-5-9-15)14-18(23)20-17-12-13-22(19(17)24)16-10-6-3-7-11-16/h2-11,17H,12-14H2,1H3,(H,20,23). The third-order valence-electron chi connectivity index (χ3n) is 4.19. The fraction of sp³-hybridized carbons (Fsp3) is 0.263. The molecule has 0 aromatic heterocycles. The van der Waals surface area contributed by atoms with E-state index in [1.165, 1.54) is 0 Å². The lowest BCUT2D eigenvalue weighted by molar-refractivity contribution is -0.125. The van der Waals surface area contributed by atoms with Gasteiger partial charge >= 0.3 is 0 Å². The number of benzene rings is 2. The fourth-order valence-corrected chi connectivity index (χ4v) is 2.91. The third kappa shape index (κ3) is 3.56. The van der Waals surface area contributed by atoms with Crippen LogP contribution in [0.1, 0.15) is 6.42 Å². The van der Waals surface area contributed by atoms with Crippen molar-refractivity contribution in [1.29, 1.82) is 0 Å². The molecule has 2 amide bonds. The number of amides is 2. The molecule has 1 saturated heterocycles. The number of hydrogen-bond acceptors (Lipinski definition) is 3. The fourth-order valence-electron chi connectivity index (χ4n) is 2.91. The van der Waals surface area contributed by atoms with Gasteiger partial charge in [-0.2, -0.15) is 0 Å². The van der Waals surface area contributed by atoms with Crippen molar-refractivity contribution in [3.05, 3.63) is 60.7 Å². The minimum absolute atomic E-state index is 0.0445. The summed E-state index contributed by atoms with van der Waals surface area (Å²) in [5.74, 6) is -0.188. The van der Waals surface area contributed by atoms with Gasteiger partial charge in [0.15, 0.2) is 0 Å². The molecule has 1 unspecified atom stereocenters. The second-order valence-corrected chi connectivity index (χ2v) is 5.93. The molecule has 124 valence electrons. The molecule has 0 bridgehead atoms. The van der Waals surface area contributed by atoms with Crippen molar-refractivity contribution < 1.29 is 9.59 Å². The van der Waals surface area contributed by atoms with Crippen molar-refractivity contribution in [2.45, 2.75) is 12.5 Å². The molecule has 1 fully saturated rings. The van der Waals surface area contributed by atoms with Gasteiger partial charge in [-0.05, 0) is 30.7 Å². The quantitative estimate of drug-likeness (QED) is 0.916. The van der Waals surface area contributed by atoms with Crippen molar-refractivity contribution in [3.8, 4) is 0 Å². The molecule has 0 aliphatic carbocycles. The van der Waals surface area contributed by atoms with Crippen LogP contribution in [0.15, 0.2) is 60.7 Å². The highest BCUT2D eigenvalue weighted by atomic mass is 16.2. The molecule has 24 heavy (non-hydrogen) atoms. The lowest BCUT2D eigenvalue weighted by Gasteiger charge is -2.20. The molecule has 1 N–H and O–H groups in total. The predicted molar refractivity (Wildman–Crippen MR) is 95.1 cm³/mol. The van der Waals surface area contributed by atoms with E-state index in [2.05, 4.69) is 5.32 Å². The van der Waals surface area contributed by atoms with Gasteiger partial charge in [0.25, 0.3) is 0 Å². The minimum Gasteiger partial charge on any atom is -0.365 e. The first kappa shape index (κ1) is 16.1. The first-order valence-corrected chi connectivity index (χ1v) is 8.07. The van der Waals surface area contributed by atoms with Crippen molar-refractivity contribution >= 4 is 23.2 Å². The van der Waals surface area contributed by atoms with Crippen LogP contribution in [0, 0.1) is 0 Å². The Kier molecular flexibility index (Phi) is 4.79. The van der Waals surface area contributed by atoms with Gasteiger partial charge in [-0.3, -0.25) is 9.59 Å². The Morgan fingerprint density at radius 3 is 2.42 bits per heavy atom. The van der Waals surface area contributed by atoms with E-state index in [-0.39, 0.29) is 18.4 Å². The zero-order chi connectivity index (χ0) is 16.9. The monoisotopic (exact) mass is 323 g/mol. The molecule has 0 spiro atoms. The average Bonchev–Trinajstić information content (AvgIpc) is 2.97. The number of carbonyl (C=O) groups excluding carboxylic acids is 2. The lowest BCUT2D eigenvalue weighted by atomic mass is 10.2. The molecule has 2 aromatic carbocycles. The van der Waals surface area contributed by atoms with E-state index in [1.54, 1.807) is 4.90 Å². The number of likely N-dealkylation sites (N-methyl/N-ethyl adjacent to an activating group) is 1. The number of nitrogens with one attached hydrogen (secondary N) is 1. The molecule has 3 rings (SSSR count). The number of nitrogens with zero attached hydrogens (tertiary/aromatic N) is 2. The normalized spacial score (nSPS) is 17.0. The second kappa shape index (κ2) is 7.17. The van der Waals surface area contributed by atoms with Crippen molar-refractivity contribution in [1.82, 2.24) is 5.32 Å². The van der Waals surface area contributed by atoms with Gasteiger partial charge in [0.1, 0.15) is 6.04 Å². The van der Waals surface area contributed by atoms with Gasteiger partial charge in [-0.25, -0.2) is 0 Å². The largest absolute Gasteiger partial charge is 0.365 e. The van der Waals surface area contributed by atoms with Gasteiger partial charge in [-0.1, -0.05) is 36.4 Å². The van der Waals surface area contributed by atoms with E-state index in [0.717, 1.165) is 11.4 Å². The molecule has 1 atom stereocenters. The van der Waals surface area contributed by atoms with Crippen LogP contribution in [0.2, 0.25) is 0 Å². The molecule has 5 heteroatoms. The highest BCUT2D eigenvalue weighted by Crippen LogP contribution is 2.21. The summed E-state index contributed by atoms with van der Waals surface area (Å²) in [6, 6.07) is 18.8. The number of rotatable bonds is 5. The zero-order valence-corrected chi connectivity index (χ0v) is 13.7. The Bertz CT molecular complexity index is 703. The molecule has 2 aromatic rings. The van der Waals surface area contributed by atoms with Crippen LogP contribution < -0.4 is 15.1 Å². The number of carbonyl (C=O) groups is 2. The maximum Gasteiger partial charge on any atom is 0.249 e. The SMILES string of the molecule is CN(CC(=O)NC1CCN(c2ccccc2)C1=O)c1ccccc1. The van der Waals surface area contributed by atoms with Gasteiger partial charge in [0, 0.05) is 25.0 Å². The predicted octanol–water partition coefficient (Wildman–Crippen LogP) is 2.04. The van der Waals surface area contributed by atoms with E-state index in [4.69, 9.17) is 0 Å². The van der Waals surface area contributed by atoms with Crippen molar-refractivity contribution in [3.63, 3.8) is 0 Å². The summed E-state index contributed by atoms with van der Waals surface area (Å²) < 4.78 is 0. The summed E-state index contributed by atoms with van der Waals surface area (Å²) in [4.78, 5) is 28.3. The van der Waals surface area contributed by atoms with Crippen LogP contribution in [0.3, 0.4) is 0 Å². The van der Waals surface area contributed by atoms with Gasteiger partial charge in [0.2, 0.25) is 11.8 Å². The van der Waals surface area contributed by atoms with E-state index in [0.29, 0.717) is 13.0 Å². The first-order chi connectivity index (χ1) is 11.6. The van der Waals surface area contributed by atoms with Crippen LogP contribution in [-0.2, 0) is 9.59 Å². The third-order valence-corrected chi connectivity index (χ3v) is 4.19. The number of anilines is 2. The van der Waals surface area contributed by atoms with E-state index in [1.807, 2.05) is 72.6 Å². The van der Waals surface area contributed by atoms with Crippen LogP contribution in [-0.4, -0.2) is 38.0 Å². The molecule has 0 radical (unpaired) electrons. The Balaban J connectivity index is 1.57. The Hall–Kier alpha value is -2.82. The van der Waals surface area contributed by atoms with Crippen molar-refractivity contribution in [2.24, 2.45) is 0 Å². The van der Waals surface area contributed by atoms with Crippen LogP contribution in [0.4, 0.5) is 11.4 Å². The second-order valence-electron chi connectivity index (χ2n) is 5.93. The van der Waals surface area contributed by atoms with E-state index < -0.39 is 6.04 Å². The van der Waals surface area contributed by atoms with Crippen LogP contribution in [0.5, 0.6) is 0 Å². The Morgan fingerprint density at radius 2 is 1.75 bits per heavy atom. The number of para-hydroxylation sites is 2. The molecule has 1 aliphatic heterocycles. The molecule has 5 nitrogen and oxygen atoms in total. The topological polar surface area (TPSA) is 52.7 Å². The summed E-state index contributed by atoms with van der Waals surface area (Å²) in [5, 5.41) is 2.86. The summed E-state index contributed by atoms with van der Waals surface area (Å²) >= 11 is 0. The number of hydrogen-bond donors (Lipinski definition) is 1. The molecule has 0 saturated carbocycles. The maximum absolute atomic E-state index is 12.5.